The van der Waals surface area contributed by atoms with Crippen LogP contribution in [-0.2, 0) is 0 Å². The maximum Gasteiger partial charge on any atom is 0.135 e. The van der Waals surface area contributed by atoms with Crippen LogP contribution in [0.5, 0.6) is 11.5 Å². The molecule has 0 fully saturated rings. The number of aromatic nitrogens is 6. The summed E-state index contributed by atoms with van der Waals surface area (Å²) in [4.78, 5) is 27.8. The van der Waals surface area contributed by atoms with Gasteiger partial charge in [0.15, 0.2) is 0 Å². The van der Waals surface area contributed by atoms with Gasteiger partial charge in [-0.25, -0.2) is 9.97 Å². The van der Waals surface area contributed by atoms with Crippen molar-refractivity contribution in [2.75, 3.05) is 0 Å². The van der Waals surface area contributed by atoms with Crippen LogP contribution in [-0.4, -0.2) is 29.9 Å². The molecule has 0 spiro atoms. The molecule has 0 bridgehead atoms. The van der Waals surface area contributed by atoms with Crippen molar-refractivity contribution >= 4 is 0 Å². The number of allylic oxidation sites excluding steroid dienone is 2. The van der Waals surface area contributed by atoms with Crippen LogP contribution in [0.25, 0.3) is 56.7 Å². The third-order valence-corrected chi connectivity index (χ3v) is 8.97. The standard InChI is InChI=1S/C50H30N6O2/c1-5-23-51-41(11-1)45-29-37(30-46(55-45)42-12-2-6-24-52-42)17-15-35-19-21-39-40-22-20-36(34-50(40)58-28-10-9-27-57-49(39)33-35)16-18-38-31-47(43-13-3-7-25-53-43)56-48(32-38)44-14-4-8-26-54-44/h1-14,19-34H/b27-9-,28-10-. The Balaban J connectivity index is 1.05. The highest BCUT2D eigenvalue weighted by Gasteiger charge is 2.15. The molecule has 0 unspecified atom stereocenters. The summed E-state index contributed by atoms with van der Waals surface area (Å²) >= 11 is 0. The molecule has 8 nitrogen and oxygen atoms in total. The zero-order chi connectivity index (χ0) is 38.9. The Morgan fingerprint density at radius 1 is 0.328 bits per heavy atom. The van der Waals surface area contributed by atoms with Crippen LogP contribution in [0.1, 0.15) is 22.3 Å². The van der Waals surface area contributed by atoms with Gasteiger partial charge in [-0.3, -0.25) is 19.9 Å². The lowest BCUT2D eigenvalue weighted by Crippen LogP contribution is -1.95. The summed E-state index contributed by atoms with van der Waals surface area (Å²) in [6, 6.07) is 42.5. The van der Waals surface area contributed by atoms with E-state index >= 15 is 0 Å². The van der Waals surface area contributed by atoms with E-state index in [4.69, 9.17) is 19.4 Å². The Bertz CT molecular complexity index is 2630. The Kier molecular flexibility index (Phi) is 10.0. The summed E-state index contributed by atoms with van der Waals surface area (Å²) < 4.78 is 12.3. The van der Waals surface area contributed by atoms with E-state index in [1.807, 2.05) is 133 Å². The smallest absolute Gasteiger partial charge is 0.135 e. The normalized spacial score (nSPS) is 12.4. The van der Waals surface area contributed by atoms with Gasteiger partial charge >= 0.3 is 0 Å². The molecule has 8 aromatic rings. The number of pyridine rings is 6. The van der Waals surface area contributed by atoms with Crippen molar-refractivity contribution in [2.45, 2.75) is 0 Å². The minimum atomic E-state index is 0.626. The van der Waals surface area contributed by atoms with Crippen LogP contribution in [0.2, 0.25) is 0 Å². The molecular weight excluding hydrogens is 717 g/mol. The van der Waals surface area contributed by atoms with E-state index in [9.17, 15) is 0 Å². The Hall–Kier alpha value is -8.46. The van der Waals surface area contributed by atoms with Gasteiger partial charge in [0, 0.05) is 58.2 Å². The number of fused-ring (bicyclic) bond motifs is 3. The fourth-order valence-corrected chi connectivity index (χ4v) is 6.23. The Labute approximate surface area is 335 Å². The largest absolute Gasteiger partial charge is 0.464 e. The van der Waals surface area contributed by atoms with Crippen LogP contribution < -0.4 is 9.47 Å². The summed E-state index contributed by atoms with van der Waals surface area (Å²) in [6.07, 6.45) is 13.8. The number of nitrogens with zero attached hydrogens (tertiary/aromatic N) is 6. The topological polar surface area (TPSA) is 95.8 Å². The number of rotatable bonds is 4. The summed E-state index contributed by atoms with van der Waals surface area (Å²) in [5.41, 5.74) is 10.6. The third kappa shape index (κ3) is 8.13. The second kappa shape index (κ2) is 16.5. The highest BCUT2D eigenvalue weighted by molar-refractivity contribution is 5.78. The molecule has 0 aliphatic carbocycles. The number of ether oxygens (including phenoxy) is 2. The summed E-state index contributed by atoms with van der Waals surface area (Å²) in [6.45, 7) is 0. The first-order valence-corrected chi connectivity index (χ1v) is 18.4. The second-order valence-electron chi connectivity index (χ2n) is 12.9. The molecule has 0 N–H and O–H groups in total. The minimum Gasteiger partial charge on any atom is -0.464 e. The van der Waals surface area contributed by atoms with E-state index < -0.39 is 0 Å². The van der Waals surface area contributed by atoms with Crippen LogP contribution in [0, 0.1) is 23.7 Å². The molecule has 58 heavy (non-hydrogen) atoms. The lowest BCUT2D eigenvalue weighted by atomic mass is 9.99. The van der Waals surface area contributed by atoms with E-state index in [0.29, 0.717) is 34.3 Å². The molecule has 8 heteroatoms. The van der Waals surface area contributed by atoms with Crippen molar-refractivity contribution < 1.29 is 9.47 Å². The first-order chi connectivity index (χ1) is 28.7. The minimum absolute atomic E-state index is 0.626. The number of hydrogen-bond donors (Lipinski definition) is 0. The van der Waals surface area contributed by atoms with Crippen molar-refractivity contribution in [1.29, 1.82) is 0 Å². The summed E-state index contributed by atoms with van der Waals surface area (Å²) in [5, 5.41) is 0. The van der Waals surface area contributed by atoms with Gasteiger partial charge in [0.1, 0.15) is 11.5 Å². The fraction of sp³-hybridized carbons (Fsp3) is 0. The lowest BCUT2D eigenvalue weighted by Gasteiger charge is -2.14. The van der Waals surface area contributed by atoms with Crippen LogP contribution >= 0.6 is 0 Å². The molecule has 0 saturated carbocycles. The molecule has 1 aliphatic rings. The molecule has 6 aromatic heterocycles. The van der Waals surface area contributed by atoms with E-state index in [2.05, 4.69) is 43.6 Å². The quantitative estimate of drug-likeness (QED) is 0.164. The van der Waals surface area contributed by atoms with Crippen LogP contribution in [0.3, 0.4) is 0 Å². The average Bonchev–Trinajstić information content (AvgIpc) is 3.30. The highest BCUT2D eigenvalue weighted by Crippen LogP contribution is 2.38. The van der Waals surface area contributed by atoms with Gasteiger partial charge in [-0.1, -0.05) is 47.9 Å². The maximum absolute atomic E-state index is 6.17. The predicted molar refractivity (Wildman–Crippen MR) is 225 cm³/mol. The summed E-state index contributed by atoms with van der Waals surface area (Å²) in [7, 11) is 0. The van der Waals surface area contributed by atoms with Crippen molar-refractivity contribution in [3.05, 3.63) is 205 Å². The summed E-state index contributed by atoms with van der Waals surface area (Å²) in [5.74, 6) is 14.6. The molecule has 0 radical (unpaired) electrons. The van der Waals surface area contributed by atoms with Gasteiger partial charge in [0.05, 0.1) is 58.1 Å². The molecule has 2 aromatic carbocycles. The van der Waals surface area contributed by atoms with E-state index in [0.717, 1.165) is 56.2 Å². The lowest BCUT2D eigenvalue weighted by molar-refractivity contribution is 0.470. The first kappa shape index (κ1) is 35.3. The zero-order valence-electron chi connectivity index (χ0n) is 30.8. The monoisotopic (exact) mass is 746 g/mol. The van der Waals surface area contributed by atoms with Crippen molar-refractivity contribution in [2.24, 2.45) is 0 Å². The first-order valence-electron chi connectivity index (χ1n) is 18.4. The van der Waals surface area contributed by atoms with Gasteiger partial charge in [-0.2, -0.15) is 0 Å². The van der Waals surface area contributed by atoms with Crippen LogP contribution in [0.15, 0.2) is 183 Å². The van der Waals surface area contributed by atoms with Gasteiger partial charge in [0.25, 0.3) is 0 Å². The van der Waals surface area contributed by atoms with E-state index in [-0.39, 0.29) is 0 Å². The van der Waals surface area contributed by atoms with Gasteiger partial charge in [0.2, 0.25) is 0 Å². The number of hydrogen-bond acceptors (Lipinski definition) is 8. The molecule has 0 saturated heterocycles. The maximum atomic E-state index is 6.17. The molecule has 1 aliphatic heterocycles. The van der Waals surface area contributed by atoms with Gasteiger partial charge in [-0.15, -0.1) is 0 Å². The SMILES string of the molecule is C(#Cc1ccc2c(c1)O/C=C\C=C/Oc1cc(C#Cc3cc(-c4ccccn4)nc(-c4ccccn4)c3)ccc1-2)c1cc(-c2ccccn2)nc(-c2ccccn2)c1. The molecule has 0 atom stereocenters. The second-order valence-corrected chi connectivity index (χ2v) is 12.9. The molecule has 7 heterocycles. The molecule has 9 rings (SSSR count). The number of benzene rings is 2. The van der Waals surface area contributed by atoms with Crippen LogP contribution in [0.4, 0.5) is 0 Å². The van der Waals surface area contributed by atoms with Crippen molar-refractivity contribution in [3.63, 3.8) is 0 Å². The van der Waals surface area contributed by atoms with Gasteiger partial charge in [-0.05, 0) is 121 Å². The van der Waals surface area contributed by atoms with Crippen molar-refractivity contribution in [3.8, 4) is 91.9 Å². The van der Waals surface area contributed by atoms with E-state index in [1.165, 1.54) is 0 Å². The molecular formula is C50H30N6O2. The Morgan fingerprint density at radius 3 is 1.00 bits per heavy atom. The predicted octanol–water partition coefficient (Wildman–Crippen LogP) is 9.99. The zero-order valence-corrected chi connectivity index (χ0v) is 30.8. The van der Waals surface area contributed by atoms with Gasteiger partial charge < -0.3 is 9.47 Å². The van der Waals surface area contributed by atoms with E-state index in [1.54, 1.807) is 49.5 Å². The average molecular weight is 747 g/mol. The fourth-order valence-electron chi connectivity index (χ4n) is 6.23. The highest BCUT2D eigenvalue weighted by atomic mass is 16.5. The molecule has 272 valence electrons. The van der Waals surface area contributed by atoms with Crippen molar-refractivity contribution in [1.82, 2.24) is 29.9 Å². The Morgan fingerprint density at radius 2 is 0.672 bits per heavy atom. The molecule has 0 amide bonds. The third-order valence-electron chi connectivity index (χ3n) is 8.97.